The summed E-state index contributed by atoms with van der Waals surface area (Å²) in [7, 11) is 0. The minimum Gasteiger partial charge on any atom is -0.225 e. The normalized spacial score (nSPS) is 20.2. The average molecular weight is 383 g/mol. The largest absolute Gasteiger partial charge is 0.225 e. The Bertz CT molecular complexity index is 336. The predicted molar refractivity (Wildman–Crippen MR) is 119 cm³/mol. The fourth-order valence-electron chi connectivity index (χ4n) is 4.31. The number of rotatable bonds is 18. The summed E-state index contributed by atoms with van der Waals surface area (Å²) in [6.45, 7) is 9.18. The first-order valence-corrected chi connectivity index (χ1v) is 12.2. The van der Waals surface area contributed by atoms with E-state index in [-0.39, 0.29) is 5.54 Å². The Balaban J connectivity index is 1.88. The molecule has 3 N–H and O–H groups in total. The first kappa shape index (κ1) is 24.9. The lowest BCUT2D eigenvalue weighted by molar-refractivity contribution is 0.0269. The maximum absolute atomic E-state index is 3.27. The lowest BCUT2D eigenvalue weighted by Crippen LogP contribution is -2.54. The lowest BCUT2D eigenvalue weighted by atomic mass is 9.90. The Morgan fingerprint density at radius 3 is 1.52 bits per heavy atom. The van der Waals surface area contributed by atoms with Gasteiger partial charge in [-0.15, -0.1) is 0 Å². The van der Waals surface area contributed by atoms with E-state index in [4.69, 9.17) is 0 Å². The Labute approximate surface area is 170 Å². The van der Waals surface area contributed by atoms with Crippen LogP contribution in [-0.4, -0.2) is 16.7 Å². The second-order valence-corrected chi connectivity index (χ2v) is 8.98. The van der Waals surface area contributed by atoms with Gasteiger partial charge in [0.1, 0.15) is 0 Å². The highest BCUT2D eigenvalue weighted by Gasteiger charge is 2.35. The molecule has 4 nitrogen and oxygen atoms in total. The Morgan fingerprint density at radius 2 is 1.15 bits per heavy atom. The van der Waals surface area contributed by atoms with Gasteiger partial charge in [0.15, 0.2) is 0 Å². The molecule has 1 aliphatic rings. The highest BCUT2D eigenvalue weighted by atomic mass is 15.9. The van der Waals surface area contributed by atoms with Crippen LogP contribution in [0.3, 0.4) is 0 Å². The topological polar surface area (TPSA) is 39.3 Å². The molecule has 1 saturated heterocycles. The highest BCUT2D eigenvalue weighted by Crippen LogP contribution is 2.27. The highest BCUT2D eigenvalue weighted by molar-refractivity contribution is 4.86. The molecule has 1 rings (SSSR count). The molecule has 4 heteroatoms. The van der Waals surface area contributed by atoms with Crippen LogP contribution in [0.4, 0.5) is 0 Å². The van der Waals surface area contributed by atoms with Crippen LogP contribution in [-0.2, 0) is 0 Å². The first-order chi connectivity index (χ1) is 13.1. The average Bonchev–Trinajstić information content (AvgIpc) is 3.11. The van der Waals surface area contributed by atoms with Crippen molar-refractivity contribution in [1.29, 1.82) is 0 Å². The molecule has 2 atom stereocenters. The van der Waals surface area contributed by atoms with Gasteiger partial charge in [-0.2, -0.15) is 11.1 Å². The van der Waals surface area contributed by atoms with Gasteiger partial charge in [0.05, 0.1) is 6.17 Å². The van der Waals surface area contributed by atoms with Crippen LogP contribution in [0.1, 0.15) is 137 Å². The fourth-order valence-corrected chi connectivity index (χ4v) is 4.31. The van der Waals surface area contributed by atoms with Gasteiger partial charge in [-0.05, 0) is 26.7 Å². The first-order valence-electron chi connectivity index (χ1n) is 12.2. The van der Waals surface area contributed by atoms with Gasteiger partial charge < -0.3 is 0 Å². The maximum atomic E-state index is 3.27. The molecule has 0 amide bonds. The summed E-state index contributed by atoms with van der Waals surface area (Å²) in [5, 5.41) is 2.34. The number of hydrazine groups is 3. The second-order valence-electron chi connectivity index (χ2n) is 8.98. The van der Waals surface area contributed by atoms with Crippen molar-refractivity contribution in [2.24, 2.45) is 0 Å². The smallest absolute Gasteiger partial charge is 0.0865 e. The van der Waals surface area contributed by atoms with Crippen molar-refractivity contribution in [2.75, 3.05) is 0 Å². The second kappa shape index (κ2) is 15.7. The standard InChI is InChI=1S/C23H50N4/c1-5-7-8-9-10-11-12-13-14-15-16-17-18-19-20-21-23(4,6-2)27-22(3)24-25-26-27/h22,24-26H,5-21H2,1-4H3. The molecule has 2 unspecified atom stereocenters. The van der Waals surface area contributed by atoms with Crippen LogP contribution < -0.4 is 16.5 Å². The fraction of sp³-hybridized carbons (Fsp3) is 1.00. The summed E-state index contributed by atoms with van der Waals surface area (Å²) in [4.78, 5) is 0. The zero-order valence-corrected chi connectivity index (χ0v) is 19.0. The third-order valence-electron chi connectivity index (χ3n) is 6.51. The van der Waals surface area contributed by atoms with Crippen molar-refractivity contribution in [3.63, 3.8) is 0 Å². The summed E-state index contributed by atoms with van der Waals surface area (Å²) in [6.07, 6.45) is 24.3. The Morgan fingerprint density at radius 1 is 0.704 bits per heavy atom. The van der Waals surface area contributed by atoms with Crippen LogP contribution in [0.2, 0.25) is 0 Å². The molecule has 0 radical (unpaired) electrons. The van der Waals surface area contributed by atoms with Crippen LogP contribution in [0.25, 0.3) is 0 Å². The van der Waals surface area contributed by atoms with Crippen molar-refractivity contribution in [2.45, 2.75) is 149 Å². The summed E-state index contributed by atoms with van der Waals surface area (Å²) < 4.78 is 0. The van der Waals surface area contributed by atoms with Crippen molar-refractivity contribution >= 4 is 0 Å². The molecular weight excluding hydrogens is 332 g/mol. The molecule has 0 aromatic heterocycles. The summed E-state index contributed by atoms with van der Waals surface area (Å²) in [5.41, 5.74) is 9.77. The molecule has 0 aromatic carbocycles. The quantitative estimate of drug-likeness (QED) is 0.234. The SMILES string of the molecule is CCCCCCCCCCCCCCCCCC(C)(CC)N1NNNC1C. The zero-order chi connectivity index (χ0) is 19.8. The molecule has 1 heterocycles. The molecule has 0 bridgehead atoms. The van der Waals surface area contributed by atoms with Gasteiger partial charge in [-0.3, -0.25) is 0 Å². The monoisotopic (exact) mass is 382 g/mol. The van der Waals surface area contributed by atoms with Crippen molar-refractivity contribution < 1.29 is 0 Å². The van der Waals surface area contributed by atoms with E-state index >= 15 is 0 Å². The molecular formula is C23H50N4. The lowest BCUT2D eigenvalue weighted by Gasteiger charge is -2.39. The van der Waals surface area contributed by atoms with Crippen LogP contribution in [0.15, 0.2) is 0 Å². The van der Waals surface area contributed by atoms with Gasteiger partial charge in [-0.1, -0.05) is 110 Å². The molecule has 0 aromatic rings. The molecule has 0 saturated carbocycles. The van der Waals surface area contributed by atoms with E-state index in [1.807, 2.05) is 0 Å². The van der Waals surface area contributed by atoms with Crippen LogP contribution in [0, 0.1) is 0 Å². The van der Waals surface area contributed by atoms with Gasteiger partial charge in [0, 0.05) is 5.54 Å². The number of nitrogens with one attached hydrogen (secondary N) is 3. The van der Waals surface area contributed by atoms with Crippen molar-refractivity contribution in [3.05, 3.63) is 0 Å². The third-order valence-corrected chi connectivity index (χ3v) is 6.51. The van der Waals surface area contributed by atoms with E-state index in [2.05, 4.69) is 49.2 Å². The molecule has 0 spiro atoms. The van der Waals surface area contributed by atoms with Gasteiger partial charge in [0.2, 0.25) is 0 Å². The summed E-state index contributed by atoms with van der Waals surface area (Å²) in [5.74, 6) is 0. The zero-order valence-electron chi connectivity index (χ0n) is 19.0. The summed E-state index contributed by atoms with van der Waals surface area (Å²) >= 11 is 0. The summed E-state index contributed by atoms with van der Waals surface area (Å²) in [6, 6.07) is 0. The number of nitrogens with zero attached hydrogens (tertiary/aromatic N) is 1. The number of hydrogen-bond donors (Lipinski definition) is 3. The molecule has 1 fully saturated rings. The third kappa shape index (κ3) is 10.8. The van der Waals surface area contributed by atoms with E-state index < -0.39 is 0 Å². The van der Waals surface area contributed by atoms with E-state index in [0.717, 1.165) is 0 Å². The number of unbranched alkanes of at least 4 members (excludes halogenated alkanes) is 14. The van der Waals surface area contributed by atoms with E-state index in [9.17, 15) is 0 Å². The van der Waals surface area contributed by atoms with Crippen LogP contribution in [0.5, 0.6) is 0 Å². The molecule has 0 aliphatic carbocycles. The molecule has 1 aliphatic heterocycles. The van der Waals surface area contributed by atoms with Gasteiger partial charge >= 0.3 is 0 Å². The van der Waals surface area contributed by atoms with E-state index in [0.29, 0.717) is 6.17 Å². The van der Waals surface area contributed by atoms with Gasteiger partial charge in [0.25, 0.3) is 0 Å². The van der Waals surface area contributed by atoms with E-state index in [1.165, 1.54) is 109 Å². The minimum absolute atomic E-state index is 0.229. The van der Waals surface area contributed by atoms with Crippen LogP contribution >= 0.6 is 0 Å². The Hall–Kier alpha value is -0.160. The van der Waals surface area contributed by atoms with Crippen molar-refractivity contribution in [1.82, 2.24) is 21.5 Å². The van der Waals surface area contributed by atoms with Crippen molar-refractivity contribution in [3.8, 4) is 0 Å². The molecule has 162 valence electrons. The number of hydrogen-bond acceptors (Lipinski definition) is 4. The minimum atomic E-state index is 0.229. The van der Waals surface area contributed by atoms with Gasteiger partial charge in [-0.25, -0.2) is 10.4 Å². The Kier molecular flexibility index (Phi) is 14.5. The predicted octanol–water partition coefficient (Wildman–Crippen LogP) is 6.59. The molecule has 27 heavy (non-hydrogen) atoms. The maximum Gasteiger partial charge on any atom is 0.0865 e. The van der Waals surface area contributed by atoms with E-state index in [1.54, 1.807) is 0 Å².